The fraction of sp³-hybridized carbons (Fsp3) is 0.500. The van der Waals surface area contributed by atoms with Crippen LogP contribution in [0.4, 0.5) is 0 Å². The summed E-state index contributed by atoms with van der Waals surface area (Å²) in [4.78, 5) is 13.3. The average Bonchev–Trinajstić information content (AvgIpc) is 2.47. The third-order valence-corrected chi connectivity index (χ3v) is 3.57. The SMILES string of the molecule is COc1cccc(C(O)CN2CCNCC2C(N)=O)c1. The second-order valence-corrected chi connectivity index (χ2v) is 4.91. The zero-order valence-electron chi connectivity index (χ0n) is 11.6. The van der Waals surface area contributed by atoms with Crippen molar-refractivity contribution in [1.82, 2.24) is 10.2 Å². The van der Waals surface area contributed by atoms with Gasteiger partial charge < -0.3 is 20.9 Å². The van der Waals surface area contributed by atoms with Crippen molar-refractivity contribution in [2.24, 2.45) is 5.73 Å². The molecule has 0 aromatic heterocycles. The van der Waals surface area contributed by atoms with Crippen molar-refractivity contribution in [3.8, 4) is 5.75 Å². The van der Waals surface area contributed by atoms with E-state index in [0.717, 1.165) is 12.1 Å². The zero-order valence-corrected chi connectivity index (χ0v) is 11.6. The van der Waals surface area contributed by atoms with Crippen molar-refractivity contribution in [1.29, 1.82) is 0 Å². The number of nitrogens with two attached hydrogens (primary N) is 1. The molecule has 2 atom stereocenters. The van der Waals surface area contributed by atoms with Crippen molar-refractivity contribution in [2.45, 2.75) is 12.1 Å². The molecule has 2 unspecified atom stereocenters. The topological polar surface area (TPSA) is 87.8 Å². The highest BCUT2D eigenvalue weighted by molar-refractivity contribution is 5.80. The maximum absolute atomic E-state index is 11.4. The number of carbonyl (C=O) groups is 1. The van der Waals surface area contributed by atoms with Crippen molar-refractivity contribution < 1.29 is 14.6 Å². The van der Waals surface area contributed by atoms with Crippen LogP contribution in [0.2, 0.25) is 0 Å². The Morgan fingerprint density at radius 2 is 2.45 bits per heavy atom. The molecule has 6 nitrogen and oxygen atoms in total. The van der Waals surface area contributed by atoms with Gasteiger partial charge in [-0.1, -0.05) is 12.1 Å². The van der Waals surface area contributed by atoms with Crippen LogP contribution in [0.25, 0.3) is 0 Å². The lowest BCUT2D eigenvalue weighted by Crippen LogP contribution is -2.57. The number of hydrogen-bond donors (Lipinski definition) is 3. The van der Waals surface area contributed by atoms with Crippen molar-refractivity contribution >= 4 is 5.91 Å². The minimum atomic E-state index is -0.676. The summed E-state index contributed by atoms with van der Waals surface area (Å²) in [6, 6.07) is 6.93. The summed E-state index contributed by atoms with van der Waals surface area (Å²) >= 11 is 0. The molecular weight excluding hydrogens is 258 g/mol. The molecule has 6 heteroatoms. The monoisotopic (exact) mass is 279 g/mol. The second kappa shape index (κ2) is 6.69. The summed E-state index contributed by atoms with van der Waals surface area (Å²) in [5.41, 5.74) is 6.16. The van der Waals surface area contributed by atoms with E-state index in [2.05, 4.69) is 5.32 Å². The lowest BCUT2D eigenvalue weighted by atomic mass is 10.1. The molecule has 4 N–H and O–H groups in total. The molecule has 1 aliphatic rings. The van der Waals surface area contributed by atoms with Crippen LogP contribution >= 0.6 is 0 Å². The normalized spacial score (nSPS) is 21.4. The van der Waals surface area contributed by atoms with E-state index in [1.165, 1.54) is 0 Å². The molecule has 1 aromatic carbocycles. The number of piperazine rings is 1. The Morgan fingerprint density at radius 3 is 3.15 bits per heavy atom. The number of methoxy groups -OCH3 is 1. The van der Waals surface area contributed by atoms with E-state index < -0.39 is 6.10 Å². The molecule has 1 heterocycles. The Labute approximate surface area is 118 Å². The number of aliphatic hydroxyl groups excluding tert-OH is 1. The number of β-amino-alcohol motifs (C(OH)–C–C–N with tert-alkyl or cyclic N) is 1. The maximum atomic E-state index is 11.4. The van der Waals surface area contributed by atoms with Gasteiger partial charge in [0, 0.05) is 26.2 Å². The number of aliphatic hydroxyl groups is 1. The summed E-state index contributed by atoms with van der Waals surface area (Å²) < 4.78 is 5.15. The predicted molar refractivity (Wildman–Crippen MR) is 75.4 cm³/mol. The van der Waals surface area contributed by atoms with Gasteiger partial charge in [0.1, 0.15) is 11.8 Å². The third-order valence-electron chi connectivity index (χ3n) is 3.57. The number of benzene rings is 1. The van der Waals surface area contributed by atoms with Crippen molar-refractivity contribution in [3.05, 3.63) is 29.8 Å². The number of hydrogen-bond acceptors (Lipinski definition) is 5. The largest absolute Gasteiger partial charge is 0.497 e. The molecule has 1 fully saturated rings. The van der Waals surface area contributed by atoms with Crippen molar-refractivity contribution in [3.63, 3.8) is 0 Å². The highest BCUT2D eigenvalue weighted by atomic mass is 16.5. The first-order valence-electron chi connectivity index (χ1n) is 6.68. The minimum Gasteiger partial charge on any atom is -0.497 e. The summed E-state index contributed by atoms with van der Waals surface area (Å²) in [7, 11) is 1.59. The Kier molecular flexibility index (Phi) is 4.94. The molecular formula is C14H21N3O3. The molecule has 0 aliphatic carbocycles. The molecule has 110 valence electrons. The Balaban J connectivity index is 2.05. The van der Waals surface area contributed by atoms with Gasteiger partial charge in [0.15, 0.2) is 0 Å². The van der Waals surface area contributed by atoms with Gasteiger partial charge in [-0.15, -0.1) is 0 Å². The molecule has 1 aromatic rings. The summed E-state index contributed by atoms with van der Waals surface area (Å²) in [5.74, 6) is 0.336. The average molecular weight is 279 g/mol. The Morgan fingerprint density at radius 1 is 1.65 bits per heavy atom. The minimum absolute atomic E-state index is 0.366. The Bertz CT molecular complexity index is 467. The van der Waals surface area contributed by atoms with Crippen LogP contribution in [0, 0.1) is 0 Å². The number of amides is 1. The van der Waals surface area contributed by atoms with Gasteiger partial charge >= 0.3 is 0 Å². The quantitative estimate of drug-likeness (QED) is 0.675. The van der Waals surface area contributed by atoms with Crippen LogP contribution in [0.15, 0.2) is 24.3 Å². The van der Waals surface area contributed by atoms with Gasteiger partial charge in [-0.3, -0.25) is 9.69 Å². The zero-order chi connectivity index (χ0) is 14.5. The van der Waals surface area contributed by atoms with Crippen molar-refractivity contribution in [2.75, 3.05) is 33.3 Å². The fourth-order valence-electron chi connectivity index (χ4n) is 2.42. The molecule has 0 spiro atoms. The van der Waals surface area contributed by atoms with Gasteiger partial charge in [0.2, 0.25) is 5.91 Å². The van der Waals surface area contributed by atoms with Crippen LogP contribution in [-0.2, 0) is 4.79 Å². The van der Waals surface area contributed by atoms with Crippen LogP contribution in [0.3, 0.4) is 0 Å². The molecule has 20 heavy (non-hydrogen) atoms. The van der Waals surface area contributed by atoms with E-state index in [4.69, 9.17) is 10.5 Å². The van der Waals surface area contributed by atoms with Gasteiger partial charge in [-0.2, -0.15) is 0 Å². The van der Waals surface area contributed by atoms with E-state index >= 15 is 0 Å². The molecule has 0 radical (unpaired) electrons. The predicted octanol–water partition coefficient (Wildman–Crippen LogP) is -0.512. The molecule has 0 bridgehead atoms. The van der Waals surface area contributed by atoms with Crippen LogP contribution in [0.5, 0.6) is 5.75 Å². The number of primary amides is 1. The van der Waals surface area contributed by atoms with E-state index in [-0.39, 0.29) is 11.9 Å². The lowest BCUT2D eigenvalue weighted by molar-refractivity contribution is -0.124. The standard InChI is InChI=1S/C14H21N3O3/c1-20-11-4-2-3-10(7-11)13(18)9-17-6-5-16-8-12(17)14(15)19/h2-4,7,12-13,16,18H,5-6,8-9H2,1H3,(H2,15,19). The van der Waals surface area contributed by atoms with E-state index in [0.29, 0.717) is 25.4 Å². The molecule has 1 aliphatic heterocycles. The Hall–Kier alpha value is -1.63. The highest BCUT2D eigenvalue weighted by Crippen LogP contribution is 2.20. The fourth-order valence-corrected chi connectivity index (χ4v) is 2.42. The molecule has 1 saturated heterocycles. The number of nitrogens with one attached hydrogen (secondary N) is 1. The third kappa shape index (κ3) is 3.47. The molecule has 1 amide bonds. The lowest BCUT2D eigenvalue weighted by Gasteiger charge is -2.35. The van der Waals surface area contributed by atoms with E-state index in [9.17, 15) is 9.90 Å². The first-order chi connectivity index (χ1) is 9.61. The van der Waals surface area contributed by atoms with Crippen LogP contribution in [-0.4, -0.2) is 55.2 Å². The second-order valence-electron chi connectivity index (χ2n) is 4.91. The number of nitrogens with zero attached hydrogens (tertiary/aromatic N) is 1. The molecule has 2 rings (SSSR count). The van der Waals surface area contributed by atoms with Gasteiger partial charge in [0.25, 0.3) is 0 Å². The maximum Gasteiger partial charge on any atom is 0.236 e. The first-order valence-corrected chi connectivity index (χ1v) is 6.68. The highest BCUT2D eigenvalue weighted by Gasteiger charge is 2.28. The van der Waals surface area contributed by atoms with Gasteiger partial charge in [-0.05, 0) is 17.7 Å². The van der Waals surface area contributed by atoms with Crippen LogP contribution in [0.1, 0.15) is 11.7 Å². The summed E-state index contributed by atoms with van der Waals surface area (Å²) in [6.07, 6.45) is -0.676. The summed E-state index contributed by atoms with van der Waals surface area (Å²) in [6.45, 7) is 2.38. The van der Waals surface area contributed by atoms with Gasteiger partial charge in [0.05, 0.1) is 13.2 Å². The number of rotatable bonds is 5. The van der Waals surface area contributed by atoms with E-state index in [1.807, 2.05) is 23.1 Å². The number of carbonyl (C=O) groups excluding carboxylic acids is 1. The first kappa shape index (κ1) is 14.8. The smallest absolute Gasteiger partial charge is 0.236 e. The summed E-state index contributed by atoms with van der Waals surface area (Å²) in [5, 5.41) is 13.5. The van der Waals surface area contributed by atoms with E-state index in [1.54, 1.807) is 13.2 Å². The number of ether oxygens (including phenoxy) is 1. The van der Waals surface area contributed by atoms with Gasteiger partial charge in [-0.25, -0.2) is 0 Å². The van der Waals surface area contributed by atoms with Crippen LogP contribution < -0.4 is 15.8 Å². The molecule has 0 saturated carbocycles.